The smallest absolute Gasteiger partial charge is 0.277 e. The van der Waals surface area contributed by atoms with Crippen LogP contribution in [0, 0.1) is 0 Å². The molecule has 4 N–H and O–H groups in total. The summed E-state index contributed by atoms with van der Waals surface area (Å²) in [5, 5.41) is 0. The van der Waals surface area contributed by atoms with Crippen molar-refractivity contribution in [2.24, 2.45) is 5.73 Å². The second-order valence-corrected chi connectivity index (χ2v) is 4.72. The van der Waals surface area contributed by atoms with Gasteiger partial charge in [0.1, 0.15) is 0 Å². The van der Waals surface area contributed by atoms with Crippen molar-refractivity contribution in [3.63, 3.8) is 0 Å². The summed E-state index contributed by atoms with van der Waals surface area (Å²) in [6.45, 7) is 3.01. The maximum atomic E-state index is 11.4. The molecule has 0 bridgehead atoms. The summed E-state index contributed by atoms with van der Waals surface area (Å²) >= 11 is 0. The molecule has 0 rings (SSSR count). The van der Waals surface area contributed by atoms with Crippen LogP contribution in [0.25, 0.3) is 0 Å². The average Bonchev–Trinajstić information content (AvgIpc) is 2.17. The predicted octanol–water partition coefficient (Wildman–Crippen LogP) is -0.816. The van der Waals surface area contributed by atoms with Gasteiger partial charge in [0, 0.05) is 19.7 Å². The van der Waals surface area contributed by atoms with Crippen LogP contribution in [0.3, 0.4) is 0 Å². The molecule has 0 saturated carbocycles. The number of hydrogen-bond donors (Lipinski definition) is 3. The number of methoxy groups -OCH3 is 1. The highest BCUT2D eigenvalue weighted by atomic mass is 32.2. The van der Waals surface area contributed by atoms with Gasteiger partial charge in [-0.3, -0.25) is 0 Å². The first-order chi connectivity index (χ1) is 7.05. The molecule has 0 spiro atoms. The molecular formula is C8H21N3O3S. The number of rotatable bonds is 9. The van der Waals surface area contributed by atoms with E-state index in [4.69, 9.17) is 10.5 Å². The van der Waals surface area contributed by atoms with E-state index >= 15 is 0 Å². The van der Waals surface area contributed by atoms with Gasteiger partial charge in [-0.15, -0.1) is 0 Å². The van der Waals surface area contributed by atoms with E-state index in [2.05, 4.69) is 9.44 Å². The molecule has 1 atom stereocenters. The highest BCUT2D eigenvalue weighted by molar-refractivity contribution is 7.87. The summed E-state index contributed by atoms with van der Waals surface area (Å²) in [6, 6.07) is -0.102. The van der Waals surface area contributed by atoms with Crippen LogP contribution in [0.1, 0.15) is 19.8 Å². The molecule has 0 saturated heterocycles. The Morgan fingerprint density at radius 3 is 2.60 bits per heavy atom. The molecule has 0 fully saturated rings. The third-order valence-electron chi connectivity index (χ3n) is 1.93. The van der Waals surface area contributed by atoms with Crippen molar-refractivity contribution in [3.05, 3.63) is 0 Å². The molecule has 0 aliphatic carbocycles. The summed E-state index contributed by atoms with van der Waals surface area (Å²) in [5.41, 5.74) is 5.37. The quantitative estimate of drug-likeness (QED) is 0.458. The molecule has 1 unspecified atom stereocenters. The lowest BCUT2D eigenvalue weighted by Crippen LogP contribution is -2.44. The van der Waals surface area contributed by atoms with E-state index in [-0.39, 0.29) is 12.6 Å². The minimum Gasteiger partial charge on any atom is -0.383 e. The Morgan fingerprint density at radius 1 is 1.47 bits per heavy atom. The van der Waals surface area contributed by atoms with E-state index in [0.29, 0.717) is 19.6 Å². The SMILES string of the molecule is CCC(CCN)NS(=O)(=O)NCCOC. The van der Waals surface area contributed by atoms with E-state index in [1.54, 1.807) is 0 Å². The molecule has 0 radical (unpaired) electrons. The molecule has 0 amide bonds. The van der Waals surface area contributed by atoms with Gasteiger partial charge >= 0.3 is 0 Å². The third-order valence-corrected chi connectivity index (χ3v) is 3.16. The van der Waals surface area contributed by atoms with Gasteiger partial charge in [0.2, 0.25) is 0 Å². The van der Waals surface area contributed by atoms with Crippen molar-refractivity contribution >= 4 is 10.2 Å². The van der Waals surface area contributed by atoms with E-state index in [1.807, 2.05) is 6.92 Å². The summed E-state index contributed by atoms with van der Waals surface area (Å²) < 4.78 is 32.5. The standard InChI is InChI=1S/C8H21N3O3S/c1-3-8(4-5-9)11-15(12,13)10-6-7-14-2/h8,10-11H,3-7,9H2,1-2H3. The summed E-state index contributed by atoms with van der Waals surface area (Å²) in [4.78, 5) is 0. The first kappa shape index (κ1) is 14.8. The van der Waals surface area contributed by atoms with Crippen molar-refractivity contribution in [2.75, 3.05) is 26.8 Å². The lowest BCUT2D eigenvalue weighted by atomic mass is 10.2. The largest absolute Gasteiger partial charge is 0.383 e. The molecule has 0 aromatic heterocycles. The average molecular weight is 239 g/mol. The number of nitrogens with one attached hydrogen (secondary N) is 2. The zero-order valence-electron chi connectivity index (χ0n) is 9.32. The summed E-state index contributed by atoms with van der Waals surface area (Å²) in [5.74, 6) is 0. The zero-order valence-corrected chi connectivity index (χ0v) is 10.1. The molecule has 6 nitrogen and oxygen atoms in total. The minimum absolute atomic E-state index is 0.102. The highest BCUT2D eigenvalue weighted by Crippen LogP contribution is 1.97. The Hall–Kier alpha value is -0.210. The summed E-state index contributed by atoms with van der Waals surface area (Å²) in [6.07, 6.45) is 1.37. The molecule has 0 aliphatic heterocycles. The molecule has 0 heterocycles. The van der Waals surface area contributed by atoms with Crippen LogP contribution in [0.4, 0.5) is 0 Å². The summed E-state index contributed by atoms with van der Waals surface area (Å²) in [7, 11) is -1.90. The lowest BCUT2D eigenvalue weighted by molar-refractivity contribution is 0.204. The molecule has 7 heteroatoms. The first-order valence-electron chi connectivity index (χ1n) is 5.01. The van der Waals surface area contributed by atoms with E-state index in [1.165, 1.54) is 7.11 Å². The van der Waals surface area contributed by atoms with Gasteiger partial charge in [0.25, 0.3) is 10.2 Å². The second-order valence-electron chi connectivity index (χ2n) is 3.19. The molecule has 0 aromatic carbocycles. The van der Waals surface area contributed by atoms with Gasteiger partial charge in [0.15, 0.2) is 0 Å². The topological polar surface area (TPSA) is 93.5 Å². The van der Waals surface area contributed by atoms with Gasteiger partial charge in [-0.05, 0) is 19.4 Å². The minimum atomic E-state index is -3.42. The van der Waals surface area contributed by atoms with Crippen molar-refractivity contribution in [2.45, 2.75) is 25.8 Å². The number of ether oxygens (including phenoxy) is 1. The second kappa shape index (κ2) is 8.00. The Kier molecular flexibility index (Phi) is 7.89. The molecule has 0 aromatic rings. The first-order valence-corrected chi connectivity index (χ1v) is 6.50. The van der Waals surface area contributed by atoms with Gasteiger partial charge in [-0.25, -0.2) is 0 Å². The van der Waals surface area contributed by atoms with Crippen molar-refractivity contribution in [1.29, 1.82) is 0 Å². The van der Waals surface area contributed by atoms with E-state index in [0.717, 1.165) is 6.42 Å². The monoisotopic (exact) mass is 239 g/mol. The normalized spacial score (nSPS) is 14.1. The Labute approximate surface area is 91.7 Å². The lowest BCUT2D eigenvalue weighted by Gasteiger charge is -2.16. The highest BCUT2D eigenvalue weighted by Gasteiger charge is 2.14. The van der Waals surface area contributed by atoms with Crippen LogP contribution >= 0.6 is 0 Å². The Bertz CT molecular complexity index is 244. The van der Waals surface area contributed by atoms with Crippen molar-refractivity contribution in [1.82, 2.24) is 9.44 Å². The number of hydrogen-bond acceptors (Lipinski definition) is 4. The fourth-order valence-electron chi connectivity index (χ4n) is 1.09. The van der Waals surface area contributed by atoms with Crippen LogP contribution in [-0.4, -0.2) is 41.3 Å². The van der Waals surface area contributed by atoms with Gasteiger partial charge in [-0.1, -0.05) is 6.92 Å². The van der Waals surface area contributed by atoms with Gasteiger partial charge in [0.05, 0.1) is 6.61 Å². The molecule has 0 aliphatic rings. The number of nitrogens with two attached hydrogens (primary N) is 1. The molecule has 92 valence electrons. The van der Waals surface area contributed by atoms with Crippen LogP contribution in [0.2, 0.25) is 0 Å². The van der Waals surface area contributed by atoms with Crippen LogP contribution < -0.4 is 15.2 Å². The van der Waals surface area contributed by atoms with E-state index in [9.17, 15) is 8.42 Å². The van der Waals surface area contributed by atoms with Crippen molar-refractivity contribution in [3.8, 4) is 0 Å². The van der Waals surface area contributed by atoms with Crippen LogP contribution in [-0.2, 0) is 14.9 Å². The zero-order chi connectivity index (χ0) is 11.7. The fourth-order valence-corrected chi connectivity index (χ4v) is 2.25. The van der Waals surface area contributed by atoms with Crippen LogP contribution in [0.15, 0.2) is 0 Å². The van der Waals surface area contributed by atoms with Gasteiger partial charge in [-0.2, -0.15) is 17.9 Å². The Morgan fingerprint density at radius 2 is 2.13 bits per heavy atom. The molecule has 15 heavy (non-hydrogen) atoms. The van der Waals surface area contributed by atoms with Crippen molar-refractivity contribution < 1.29 is 13.2 Å². The molecular weight excluding hydrogens is 218 g/mol. The fraction of sp³-hybridized carbons (Fsp3) is 1.00. The van der Waals surface area contributed by atoms with E-state index < -0.39 is 10.2 Å². The maximum Gasteiger partial charge on any atom is 0.277 e. The Balaban J connectivity index is 3.99. The third kappa shape index (κ3) is 7.69. The predicted molar refractivity (Wildman–Crippen MR) is 59.7 cm³/mol. The maximum absolute atomic E-state index is 11.4. The van der Waals surface area contributed by atoms with Crippen LogP contribution in [0.5, 0.6) is 0 Å². The van der Waals surface area contributed by atoms with Gasteiger partial charge < -0.3 is 10.5 Å².